The van der Waals surface area contributed by atoms with E-state index in [1.165, 1.54) is 4.31 Å². The van der Waals surface area contributed by atoms with Crippen molar-refractivity contribution in [3.63, 3.8) is 0 Å². The molecule has 1 aromatic heterocycles. The monoisotopic (exact) mass is 610 g/mol. The average molecular weight is 611 g/mol. The fraction of sp³-hybridized carbons (Fsp3) is 0.429. The number of esters is 1. The Kier molecular flexibility index (Phi) is 9.60. The van der Waals surface area contributed by atoms with Gasteiger partial charge in [0.25, 0.3) is 5.91 Å². The van der Waals surface area contributed by atoms with Crippen LogP contribution >= 0.6 is 0 Å². The molecule has 1 unspecified atom stereocenters. The number of carbonyl (C=O) groups excluding carboxylic acids is 2. The number of carbonyl (C=O) groups is 2. The van der Waals surface area contributed by atoms with Crippen molar-refractivity contribution in [2.24, 2.45) is 5.73 Å². The Bertz CT molecular complexity index is 1530. The number of piperidine rings is 1. The Balaban J connectivity index is 1.50. The smallest absolute Gasteiger partial charge is 0.457 e. The first kappa shape index (κ1) is 31.5. The van der Waals surface area contributed by atoms with Gasteiger partial charge in [-0.3, -0.25) is 4.79 Å². The summed E-state index contributed by atoms with van der Waals surface area (Å²) in [6.07, 6.45) is -1.96. The SMILES string of the molecule is CCS(=O)(=O)N1CCC(c2c[nH]c3c(C(N)=O)cc(-c4ccc(CNC(CO)COC(=O)C(F)(F)F)cc4)cc23)CC1. The molecule has 10 nitrogen and oxygen atoms in total. The second kappa shape index (κ2) is 12.8. The molecule has 14 heteroatoms. The minimum Gasteiger partial charge on any atom is -0.457 e. The predicted octanol–water partition coefficient (Wildman–Crippen LogP) is 3.02. The molecule has 1 fully saturated rings. The molecule has 1 aliphatic heterocycles. The van der Waals surface area contributed by atoms with Gasteiger partial charge in [-0.1, -0.05) is 24.3 Å². The number of fused-ring (bicyclic) bond motifs is 1. The van der Waals surface area contributed by atoms with E-state index in [4.69, 9.17) is 5.73 Å². The van der Waals surface area contributed by atoms with Crippen molar-refractivity contribution in [2.75, 3.05) is 32.1 Å². The molecular formula is C28H33F3N4O6S. The van der Waals surface area contributed by atoms with Crippen LogP contribution in [0.25, 0.3) is 22.0 Å². The van der Waals surface area contributed by atoms with E-state index in [-0.39, 0.29) is 18.2 Å². The number of benzene rings is 2. The Morgan fingerprint density at radius 1 is 1.17 bits per heavy atom. The third-order valence-electron chi connectivity index (χ3n) is 7.49. The van der Waals surface area contributed by atoms with Crippen molar-refractivity contribution < 1.29 is 41.0 Å². The maximum absolute atomic E-state index is 12.4. The fourth-order valence-electron chi connectivity index (χ4n) is 5.09. The molecule has 228 valence electrons. The Morgan fingerprint density at radius 2 is 1.83 bits per heavy atom. The van der Waals surface area contributed by atoms with E-state index < -0.39 is 47.3 Å². The first-order valence-electron chi connectivity index (χ1n) is 13.4. The first-order valence-corrected chi connectivity index (χ1v) is 15.0. The highest BCUT2D eigenvalue weighted by Crippen LogP contribution is 2.37. The summed E-state index contributed by atoms with van der Waals surface area (Å²) in [4.78, 5) is 26.5. The standard InChI is InChI=1S/C28H33F3N4O6S/c1-2-42(39,40)35-9-7-19(8-10-35)24-14-34-25-22(24)11-20(12-23(25)26(32)37)18-5-3-17(4-6-18)13-33-21(15-36)16-41-27(38)28(29,30)31/h3-6,11-12,14,19,21,33-34,36H,2,7-10,13,15-16H2,1H3,(H2,32,37). The zero-order valence-electron chi connectivity index (χ0n) is 22.9. The lowest BCUT2D eigenvalue weighted by Crippen LogP contribution is -2.39. The summed E-state index contributed by atoms with van der Waals surface area (Å²) in [7, 11) is -3.26. The predicted molar refractivity (Wildman–Crippen MR) is 150 cm³/mol. The number of sulfonamides is 1. The zero-order chi connectivity index (χ0) is 30.7. The Labute approximate surface area is 241 Å². The van der Waals surface area contributed by atoms with Gasteiger partial charge < -0.3 is 25.9 Å². The van der Waals surface area contributed by atoms with Crippen LogP contribution in [0.3, 0.4) is 0 Å². The number of ether oxygens (including phenoxy) is 1. The van der Waals surface area contributed by atoms with Gasteiger partial charge in [0.05, 0.1) is 29.5 Å². The van der Waals surface area contributed by atoms with Crippen molar-refractivity contribution in [1.29, 1.82) is 0 Å². The number of nitrogens with two attached hydrogens (primary N) is 1. The number of H-pyrrole nitrogens is 1. The van der Waals surface area contributed by atoms with Crippen LogP contribution in [-0.4, -0.2) is 79.0 Å². The zero-order valence-corrected chi connectivity index (χ0v) is 23.7. The van der Waals surface area contributed by atoms with E-state index in [0.717, 1.165) is 27.6 Å². The molecule has 42 heavy (non-hydrogen) atoms. The molecule has 2 heterocycles. The summed E-state index contributed by atoms with van der Waals surface area (Å²) in [5.74, 6) is -2.76. The number of alkyl halides is 3. The van der Waals surface area contributed by atoms with E-state index >= 15 is 0 Å². The minimum atomic E-state index is -5.11. The minimum absolute atomic E-state index is 0.0599. The fourth-order valence-corrected chi connectivity index (χ4v) is 6.22. The van der Waals surface area contributed by atoms with Gasteiger partial charge in [-0.25, -0.2) is 17.5 Å². The van der Waals surface area contributed by atoms with Crippen LogP contribution in [0.5, 0.6) is 0 Å². The molecule has 5 N–H and O–H groups in total. The van der Waals surface area contributed by atoms with E-state index in [9.17, 15) is 36.3 Å². The number of hydrogen-bond acceptors (Lipinski definition) is 7. The lowest BCUT2D eigenvalue weighted by molar-refractivity contribution is -0.200. The van der Waals surface area contributed by atoms with Crippen LogP contribution in [0.1, 0.15) is 47.2 Å². The molecule has 0 aliphatic carbocycles. The molecule has 1 aliphatic rings. The van der Waals surface area contributed by atoms with Crippen molar-refractivity contribution in [1.82, 2.24) is 14.6 Å². The molecule has 3 aromatic rings. The van der Waals surface area contributed by atoms with E-state index in [1.54, 1.807) is 25.1 Å². The normalized spacial score (nSPS) is 16.0. The number of hydrogen-bond donors (Lipinski definition) is 4. The summed E-state index contributed by atoms with van der Waals surface area (Å²) in [6, 6.07) is 9.99. The maximum Gasteiger partial charge on any atom is 0.490 e. The number of aliphatic hydroxyl groups excluding tert-OH is 1. The number of halogens is 3. The Hall–Kier alpha value is -3.46. The van der Waals surface area contributed by atoms with E-state index in [1.807, 2.05) is 24.4 Å². The van der Waals surface area contributed by atoms with Gasteiger partial charge in [-0.2, -0.15) is 13.2 Å². The van der Waals surface area contributed by atoms with E-state index in [2.05, 4.69) is 15.0 Å². The van der Waals surface area contributed by atoms with Crippen LogP contribution < -0.4 is 11.1 Å². The highest BCUT2D eigenvalue weighted by atomic mass is 32.2. The lowest BCUT2D eigenvalue weighted by atomic mass is 9.88. The highest BCUT2D eigenvalue weighted by molar-refractivity contribution is 7.89. The van der Waals surface area contributed by atoms with Gasteiger partial charge in [-0.15, -0.1) is 0 Å². The van der Waals surface area contributed by atoms with Crippen LogP contribution in [-0.2, 0) is 26.1 Å². The number of nitrogens with one attached hydrogen (secondary N) is 2. The molecule has 0 spiro atoms. The lowest BCUT2D eigenvalue weighted by Gasteiger charge is -2.31. The first-order chi connectivity index (χ1) is 19.8. The third kappa shape index (κ3) is 7.12. The number of amides is 1. The number of aromatic nitrogens is 1. The number of nitrogens with zero attached hydrogens (tertiary/aromatic N) is 1. The third-order valence-corrected chi connectivity index (χ3v) is 9.37. The number of aliphatic hydroxyl groups is 1. The average Bonchev–Trinajstić information content (AvgIpc) is 3.40. The molecule has 4 rings (SSSR count). The molecule has 1 amide bonds. The van der Waals surface area contributed by atoms with Gasteiger partial charge >= 0.3 is 12.1 Å². The van der Waals surface area contributed by atoms with Crippen molar-refractivity contribution in [3.8, 4) is 11.1 Å². The quantitative estimate of drug-likeness (QED) is 0.243. The molecule has 0 saturated carbocycles. The van der Waals surface area contributed by atoms with Crippen molar-refractivity contribution in [3.05, 3.63) is 59.3 Å². The van der Waals surface area contributed by atoms with Crippen LogP contribution in [0.4, 0.5) is 13.2 Å². The maximum atomic E-state index is 12.4. The summed E-state index contributed by atoms with van der Waals surface area (Å²) in [6.45, 7) is 1.49. The van der Waals surface area contributed by atoms with Crippen LogP contribution in [0, 0.1) is 0 Å². The molecular weight excluding hydrogens is 577 g/mol. The van der Waals surface area contributed by atoms with E-state index in [0.29, 0.717) is 37.0 Å². The summed E-state index contributed by atoms with van der Waals surface area (Å²) < 4.78 is 67.3. The topological polar surface area (TPSA) is 155 Å². The van der Waals surface area contributed by atoms with Crippen LogP contribution in [0.15, 0.2) is 42.6 Å². The summed E-state index contributed by atoms with van der Waals surface area (Å²) in [5, 5.41) is 13.1. The van der Waals surface area contributed by atoms with Gasteiger partial charge in [0.1, 0.15) is 6.61 Å². The molecule has 2 aromatic carbocycles. The molecule has 0 radical (unpaired) electrons. The second-order valence-electron chi connectivity index (χ2n) is 10.2. The van der Waals surface area contributed by atoms with Crippen molar-refractivity contribution in [2.45, 2.75) is 44.4 Å². The highest BCUT2D eigenvalue weighted by Gasteiger charge is 2.41. The number of primary amides is 1. The van der Waals surface area contributed by atoms with Gasteiger partial charge in [0, 0.05) is 31.2 Å². The summed E-state index contributed by atoms with van der Waals surface area (Å²) in [5.41, 5.74) is 9.94. The largest absolute Gasteiger partial charge is 0.490 e. The van der Waals surface area contributed by atoms with Gasteiger partial charge in [-0.05, 0) is 60.1 Å². The molecule has 1 saturated heterocycles. The number of rotatable bonds is 11. The second-order valence-corrected chi connectivity index (χ2v) is 12.4. The molecule has 0 bridgehead atoms. The number of aromatic amines is 1. The molecule has 1 atom stereocenters. The van der Waals surface area contributed by atoms with Crippen LogP contribution in [0.2, 0.25) is 0 Å². The summed E-state index contributed by atoms with van der Waals surface area (Å²) >= 11 is 0. The van der Waals surface area contributed by atoms with Crippen molar-refractivity contribution >= 4 is 32.8 Å². The van der Waals surface area contributed by atoms with Gasteiger partial charge in [0.2, 0.25) is 10.0 Å². The van der Waals surface area contributed by atoms with Gasteiger partial charge in [0.15, 0.2) is 0 Å². The Morgan fingerprint density at radius 3 is 2.40 bits per heavy atom.